The van der Waals surface area contributed by atoms with Gasteiger partial charge in [0.05, 0.1) is 27.8 Å². The average Bonchev–Trinajstić information content (AvgIpc) is 2.38. The lowest BCUT2D eigenvalue weighted by Crippen LogP contribution is -2.16. The van der Waals surface area contributed by atoms with Crippen molar-refractivity contribution in [1.82, 2.24) is 0 Å². The smallest absolute Gasteiger partial charge is 0.228 e. The highest BCUT2D eigenvalue weighted by Crippen LogP contribution is 2.24. The van der Waals surface area contributed by atoms with Crippen molar-refractivity contribution in [2.24, 2.45) is 0 Å². The molecule has 2 rings (SSSR count). The van der Waals surface area contributed by atoms with Crippen LogP contribution in [-0.2, 0) is 11.2 Å². The molecule has 20 heavy (non-hydrogen) atoms. The van der Waals surface area contributed by atoms with E-state index < -0.39 is 0 Å². The van der Waals surface area contributed by atoms with Gasteiger partial charge in [-0.15, -0.1) is 0 Å². The Morgan fingerprint density at radius 2 is 1.95 bits per heavy atom. The summed E-state index contributed by atoms with van der Waals surface area (Å²) >= 11 is 11.8. The van der Waals surface area contributed by atoms with Gasteiger partial charge in [0.15, 0.2) is 0 Å². The third kappa shape index (κ3) is 3.44. The highest BCUT2D eigenvalue weighted by Gasteiger charge is 2.09. The van der Waals surface area contributed by atoms with Crippen LogP contribution < -0.4 is 11.1 Å². The van der Waals surface area contributed by atoms with Gasteiger partial charge in [-0.05, 0) is 36.2 Å². The lowest BCUT2D eigenvalue weighted by atomic mass is 10.1. The van der Waals surface area contributed by atoms with Gasteiger partial charge in [0.25, 0.3) is 0 Å². The number of nitrogens with one attached hydrogen (secondary N) is 1. The van der Waals surface area contributed by atoms with E-state index in [0.717, 1.165) is 11.1 Å². The van der Waals surface area contributed by atoms with Crippen LogP contribution in [0.4, 0.5) is 11.4 Å². The maximum Gasteiger partial charge on any atom is 0.228 e. The van der Waals surface area contributed by atoms with Gasteiger partial charge in [-0.3, -0.25) is 4.79 Å². The van der Waals surface area contributed by atoms with Crippen LogP contribution in [0, 0.1) is 6.92 Å². The number of nitrogen functional groups attached to an aromatic ring is 1. The molecule has 0 unspecified atom stereocenters. The second-order valence-corrected chi connectivity index (χ2v) is 5.33. The van der Waals surface area contributed by atoms with Gasteiger partial charge in [0, 0.05) is 0 Å². The Morgan fingerprint density at radius 3 is 2.60 bits per heavy atom. The van der Waals surface area contributed by atoms with Gasteiger partial charge in [-0.25, -0.2) is 0 Å². The van der Waals surface area contributed by atoms with Crippen LogP contribution >= 0.6 is 23.2 Å². The van der Waals surface area contributed by atoms with Gasteiger partial charge < -0.3 is 11.1 Å². The predicted molar refractivity (Wildman–Crippen MR) is 84.4 cm³/mol. The first-order chi connectivity index (χ1) is 9.47. The van der Waals surface area contributed by atoms with Crippen molar-refractivity contribution in [2.75, 3.05) is 11.1 Å². The zero-order valence-corrected chi connectivity index (χ0v) is 12.4. The lowest BCUT2D eigenvalue weighted by Gasteiger charge is -2.11. The van der Waals surface area contributed by atoms with E-state index in [1.165, 1.54) is 0 Å². The molecule has 5 heteroatoms. The quantitative estimate of drug-likeness (QED) is 0.840. The maximum atomic E-state index is 12.0. The number of halogens is 2. The summed E-state index contributed by atoms with van der Waals surface area (Å²) in [6.07, 6.45) is 0.213. The molecule has 0 radical (unpaired) electrons. The van der Waals surface area contributed by atoms with Crippen molar-refractivity contribution in [1.29, 1.82) is 0 Å². The van der Waals surface area contributed by atoms with E-state index in [0.29, 0.717) is 21.4 Å². The summed E-state index contributed by atoms with van der Waals surface area (Å²) in [6.45, 7) is 1.89. The average molecular weight is 309 g/mol. The van der Waals surface area contributed by atoms with Crippen LogP contribution in [0.3, 0.4) is 0 Å². The summed E-state index contributed by atoms with van der Waals surface area (Å²) < 4.78 is 0. The number of para-hydroxylation sites is 1. The van der Waals surface area contributed by atoms with Crippen LogP contribution in [0.15, 0.2) is 36.4 Å². The fourth-order valence-corrected chi connectivity index (χ4v) is 2.20. The summed E-state index contributed by atoms with van der Waals surface area (Å²) in [4.78, 5) is 12.0. The number of anilines is 2. The first kappa shape index (κ1) is 14.7. The van der Waals surface area contributed by atoms with Crippen LogP contribution in [0.1, 0.15) is 11.1 Å². The Hall–Kier alpha value is -1.71. The molecular formula is C15H14Cl2N2O. The second-order valence-electron chi connectivity index (χ2n) is 4.51. The summed E-state index contributed by atoms with van der Waals surface area (Å²) in [7, 11) is 0. The van der Waals surface area contributed by atoms with Crippen LogP contribution in [0.25, 0.3) is 0 Å². The summed E-state index contributed by atoms with van der Waals surface area (Å²) in [6, 6.07) is 10.6. The van der Waals surface area contributed by atoms with Gasteiger partial charge in [-0.1, -0.05) is 41.4 Å². The van der Waals surface area contributed by atoms with E-state index in [1.807, 2.05) is 19.1 Å². The number of carbonyl (C=O) groups excluding carboxylic acids is 1. The minimum Gasteiger partial charge on any atom is -0.397 e. The zero-order valence-electron chi connectivity index (χ0n) is 10.9. The molecule has 0 aliphatic carbocycles. The zero-order chi connectivity index (χ0) is 14.7. The first-order valence-corrected chi connectivity index (χ1v) is 6.82. The maximum absolute atomic E-state index is 12.0. The molecular weight excluding hydrogens is 295 g/mol. The molecule has 3 N–H and O–H groups in total. The predicted octanol–water partition coefficient (Wildman–Crippen LogP) is 4.07. The van der Waals surface area contributed by atoms with Crippen molar-refractivity contribution in [2.45, 2.75) is 13.3 Å². The van der Waals surface area contributed by atoms with Gasteiger partial charge in [-0.2, -0.15) is 0 Å². The molecule has 0 aliphatic heterocycles. The molecule has 0 fully saturated rings. The molecule has 0 saturated heterocycles. The van der Waals surface area contributed by atoms with E-state index in [-0.39, 0.29) is 12.3 Å². The summed E-state index contributed by atoms with van der Waals surface area (Å²) in [5, 5.41) is 3.73. The molecule has 0 aliphatic rings. The standard InChI is InChI=1S/C15H14Cl2N2O/c1-9-3-2-4-13(18)15(9)19-14(20)8-10-5-6-11(16)12(17)7-10/h2-7H,8,18H2,1H3,(H,19,20). The number of benzene rings is 2. The van der Waals surface area contributed by atoms with Gasteiger partial charge >= 0.3 is 0 Å². The Labute approximate surface area is 127 Å². The van der Waals surface area contributed by atoms with E-state index in [2.05, 4.69) is 5.32 Å². The number of rotatable bonds is 3. The largest absolute Gasteiger partial charge is 0.397 e. The fraction of sp³-hybridized carbons (Fsp3) is 0.133. The Morgan fingerprint density at radius 1 is 1.20 bits per heavy atom. The van der Waals surface area contributed by atoms with Gasteiger partial charge in [0.2, 0.25) is 5.91 Å². The van der Waals surface area contributed by atoms with Crippen molar-refractivity contribution >= 4 is 40.5 Å². The third-order valence-electron chi connectivity index (χ3n) is 2.92. The highest BCUT2D eigenvalue weighted by molar-refractivity contribution is 6.42. The minimum atomic E-state index is -0.149. The highest BCUT2D eigenvalue weighted by atomic mass is 35.5. The lowest BCUT2D eigenvalue weighted by molar-refractivity contribution is -0.115. The van der Waals surface area contributed by atoms with E-state index in [9.17, 15) is 4.79 Å². The summed E-state index contributed by atoms with van der Waals surface area (Å²) in [5.74, 6) is -0.149. The SMILES string of the molecule is Cc1cccc(N)c1NC(=O)Cc1ccc(Cl)c(Cl)c1. The Balaban J connectivity index is 2.11. The molecule has 3 nitrogen and oxygen atoms in total. The first-order valence-electron chi connectivity index (χ1n) is 6.06. The van der Waals surface area contributed by atoms with Crippen LogP contribution in [0.5, 0.6) is 0 Å². The van der Waals surface area contributed by atoms with Gasteiger partial charge in [0.1, 0.15) is 0 Å². The molecule has 0 atom stereocenters. The van der Waals surface area contributed by atoms with Crippen molar-refractivity contribution in [3.63, 3.8) is 0 Å². The third-order valence-corrected chi connectivity index (χ3v) is 3.66. The molecule has 104 valence electrons. The van der Waals surface area contributed by atoms with E-state index >= 15 is 0 Å². The fourth-order valence-electron chi connectivity index (χ4n) is 1.88. The normalized spacial score (nSPS) is 10.3. The number of amides is 1. The van der Waals surface area contributed by atoms with Crippen molar-refractivity contribution in [3.8, 4) is 0 Å². The Bertz CT molecular complexity index is 636. The van der Waals surface area contributed by atoms with Crippen LogP contribution in [0.2, 0.25) is 10.0 Å². The number of hydrogen-bond donors (Lipinski definition) is 2. The van der Waals surface area contributed by atoms with Crippen molar-refractivity contribution in [3.05, 3.63) is 57.6 Å². The second kappa shape index (κ2) is 6.16. The Kier molecular flexibility index (Phi) is 4.53. The molecule has 0 saturated carbocycles. The molecule has 2 aromatic rings. The van der Waals surface area contributed by atoms with Crippen LogP contribution in [-0.4, -0.2) is 5.91 Å². The number of aryl methyl sites for hydroxylation is 1. The van der Waals surface area contributed by atoms with E-state index in [1.54, 1.807) is 24.3 Å². The minimum absolute atomic E-state index is 0.149. The number of carbonyl (C=O) groups is 1. The summed E-state index contributed by atoms with van der Waals surface area (Å²) in [5.41, 5.74) is 8.77. The molecule has 0 heterocycles. The van der Waals surface area contributed by atoms with Crippen molar-refractivity contribution < 1.29 is 4.79 Å². The molecule has 1 amide bonds. The molecule has 0 aromatic heterocycles. The number of hydrogen-bond acceptors (Lipinski definition) is 2. The molecule has 2 aromatic carbocycles. The topological polar surface area (TPSA) is 55.1 Å². The monoisotopic (exact) mass is 308 g/mol. The number of nitrogens with two attached hydrogens (primary N) is 1. The van der Waals surface area contributed by atoms with E-state index in [4.69, 9.17) is 28.9 Å². The molecule has 0 spiro atoms. The molecule has 0 bridgehead atoms.